The number of hydrogen-bond acceptors (Lipinski definition) is 5. The molecule has 0 saturated carbocycles. The van der Waals surface area contributed by atoms with Crippen molar-refractivity contribution in [1.29, 1.82) is 0 Å². The Labute approximate surface area is 210 Å². The third-order valence-electron chi connectivity index (χ3n) is 6.00. The molecule has 0 amide bonds. The van der Waals surface area contributed by atoms with Gasteiger partial charge in [-0.1, -0.05) is 47.5 Å². The number of halogens is 2. The number of hydrogen-bond donors (Lipinski definition) is 1. The molecule has 4 rings (SSSR count). The van der Waals surface area contributed by atoms with E-state index in [0.29, 0.717) is 22.2 Å². The van der Waals surface area contributed by atoms with Crippen molar-refractivity contribution in [2.24, 2.45) is 5.10 Å². The quantitative estimate of drug-likeness (QED) is 0.422. The minimum Gasteiger partial charge on any atom is -0.384 e. The summed E-state index contributed by atoms with van der Waals surface area (Å²) in [5.74, 6) is 0. The Kier molecular flexibility index (Phi) is 6.55. The topological polar surface area (TPSA) is 70.0 Å². The number of anilines is 1. The zero-order valence-corrected chi connectivity index (χ0v) is 21.7. The van der Waals surface area contributed by atoms with Crippen molar-refractivity contribution >= 4 is 44.4 Å². The molecule has 3 aromatic carbocycles. The highest BCUT2D eigenvalue weighted by Crippen LogP contribution is 2.43. The molecule has 0 radical (unpaired) electrons. The minimum atomic E-state index is -3.31. The molecule has 0 fully saturated rings. The fourth-order valence-corrected chi connectivity index (χ4v) is 5.50. The maximum absolute atomic E-state index is 12.0. The van der Waals surface area contributed by atoms with E-state index < -0.39 is 15.4 Å². The van der Waals surface area contributed by atoms with Gasteiger partial charge in [-0.15, -0.1) is 0 Å². The van der Waals surface area contributed by atoms with Crippen molar-refractivity contribution < 1.29 is 13.5 Å². The van der Waals surface area contributed by atoms with Crippen LogP contribution >= 0.6 is 23.2 Å². The van der Waals surface area contributed by atoms with Crippen LogP contribution in [0.4, 0.5) is 5.69 Å². The second kappa shape index (κ2) is 9.00. The number of rotatable bonds is 5. The molecule has 1 N–H and O–H groups in total. The van der Waals surface area contributed by atoms with Gasteiger partial charge in [0.05, 0.1) is 27.9 Å². The number of aryl methyl sites for hydroxylation is 1. The minimum absolute atomic E-state index is 0.276. The van der Waals surface area contributed by atoms with E-state index in [2.05, 4.69) is 0 Å². The van der Waals surface area contributed by atoms with E-state index in [1.54, 1.807) is 50.2 Å². The second-order valence-corrected chi connectivity index (χ2v) is 11.9. The molecule has 1 aliphatic rings. The predicted octanol–water partition coefficient (Wildman–Crippen LogP) is 6.45. The maximum Gasteiger partial charge on any atom is 0.175 e. The van der Waals surface area contributed by atoms with Crippen LogP contribution in [0.3, 0.4) is 0 Å². The smallest absolute Gasteiger partial charge is 0.175 e. The molecule has 34 heavy (non-hydrogen) atoms. The van der Waals surface area contributed by atoms with Crippen LogP contribution in [0.2, 0.25) is 10.0 Å². The Morgan fingerprint density at radius 1 is 1.03 bits per heavy atom. The SMILES string of the molecule is Cc1cc(N2N=C(C(C)(C)O)CC2c2c(Cl)cccc2Cl)ccc1-c1cccc(S(C)(=O)=O)c1. The number of aliphatic hydroxyl groups is 1. The van der Waals surface area contributed by atoms with Crippen LogP contribution in [0.1, 0.15) is 37.4 Å². The molecule has 3 aromatic rings. The third kappa shape index (κ3) is 4.86. The first kappa shape index (κ1) is 24.7. The summed E-state index contributed by atoms with van der Waals surface area (Å²) in [4.78, 5) is 0.279. The van der Waals surface area contributed by atoms with Crippen LogP contribution in [0.25, 0.3) is 11.1 Å². The van der Waals surface area contributed by atoms with E-state index in [1.165, 1.54) is 6.26 Å². The van der Waals surface area contributed by atoms with Gasteiger partial charge < -0.3 is 5.11 Å². The molecule has 0 spiro atoms. The van der Waals surface area contributed by atoms with E-state index in [1.807, 2.05) is 36.2 Å². The van der Waals surface area contributed by atoms with Crippen LogP contribution in [0, 0.1) is 6.92 Å². The van der Waals surface area contributed by atoms with Crippen molar-refractivity contribution in [1.82, 2.24) is 0 Å². The van der Waals surface area contributed by atoms with Gasteiger partial charge in [-0.3, -0.25) is 5.01 Å². The summed E-state index contributed by atoms with van der Waals surface area (Å²) < 4.78 is 24.0. The highest BCUT2D eigenvalue weighted by atomic mass is 35.5. The first-order chi connectivity index (χ1) is 15.9. The molecule has 1 heterocycles. The summed E-state index contributed by atoms with van der Waals surface area (Å²) in [6, 6.07) is 17.9. The average Bonchev–Trinajstić information content (AvgIpc) is 3.18. The Morgan fingerprint density at radius 3 is 2.26 bits per heavy atom. The summed E-state index contributed by atoms with van der Waals surface area (Å²) in [5, 5.41) is 18.4. The standard InChI is InChI=1S/C26H26Cl2N2O3S/c1-16-13-18(11-12-20(16)17-7-5-8-19(14-17)34(4,32)33)30-23(15-24(29-30)26(2,3)31)25-21(27)9-6-10-22(25)28/h5-14,23,31H,15H2,1-4H3. The normalized spacial score (nSPS) is 16.6. The Morgan fingerprint density at radius 2 is 1.68 bits per heavy atom. The summed E-state index contributed by atoms with van der Waals surface area (Å²) in [6.07, 6.45) is 1.68. The molecule has 0 aliphatic carbocycles. The largest absolute Gasteiger partial charge is 0.384 e. The molecule has 178 valence electrons. The molecule has 0 bridgehead atoms. The lowest BCUT2D eigenvalue weighted by Crippen LogP contribution is -2.30. The summed E-state index contributed by atoms with van der Waals surface area (Å²) in [7, 11) is -3.31. The van der Waals surface area contributed by atoms with Gasteiger partial charge in [0.15, 0.2) is 9.84 Å². The average molecular weight is 517 g/mol. The van der Waals surface area contributed by atoms with Crippen LogP contribution < -0.4 is 5.01 Å². The molecule has 1 unspecified atom stereocenters. The molecule has 1 atom stereocenters. The maximum atomic E-state index is 12.0. The van der Waals surface area contributed by atoms with Crippen molar-refractivity contribution in [2.75, 3.05) is 11.3 Å². The Balaban J connectivity index is 1.79. The lowest BCUT2D eigenvalue weighted by atomic mass is 9.93. The molecule has 1 aliphatic heterocycles. The zero-order valence-electron chi connectivity index (χ0n) is 19.4. The fourth-order valence-electron chi connectivity index (χ4n) is 4.18. The van der Waals surface area contributed by atoms with Gasteiger partial charge in [-0.2, -0.15) is 5.10 Å². The van der Waals surface area contributed by atoms with Gasteiger partial charge in [-0.05, 0) is 73.9 Å². The number of hydrazone groups is 1. The van der Waals surface area contributed by atoms with E-state index in [9.17, 15) is 13.5 Å². The number of benzene rings is 3. The Bertz CT molecular complexity index is 1380. The van der Waals surface area contributed by atoms with E-state index >= 15 is 0 Å². The van der Waals surface area contributed by atoms with Crippen LogP contribution in [0.5, 0.6) is 0 Å². The molecule has 5 nitrogen and oxygen atoms in total. The molecule has 8 heteroatoms. The van der Waals surface area contributed by atoms with Crippen molar-refractivity contribution in [3.05, 3.63) is 81.8 Å². The second-order valence-electron chi connectivity index (χ2n) is 9.10. The monoisotopic (exact) mass is 516 g/mol. The highest BCUT2D eigenvalue weighted by molar-refractivity contribution is 7.90. The summed E-state index contributed by atoms with van der Waals surface area (Å²) in [5.41, 5.74) is 3.82. The van der Waals surface area contributed by atoms with Crippen LogP contribution in [-0.2, 0) is 9.84 Å². The Hall–Kier alpha value is -2.38. The van der Waals surface area contributed by atoms with Crippen molar-refractivity contribution in [2.45, 2.75) is 43.7 Å². The molecule has 0 aromatic heterocycles. The molecule has 0 saturated heterocycles. The molecular formula is C26H26Cl2N2O3S. The highest BCUT2D eigenvalue weighted by Gasteiger charge is 2.37. The van der Waals surface area contributed by atoms with Crippen LogP contribution in [0.15, 0.2) is 70.7 Å². The first-order valence-electron chi connectivity index (χ1n) is 10.8. The lowest BCUT2D eigenvalue weighted by Gasteiger charge is -2.26. The van der Waals surface area contributed by atoms with Crippen molar-refractivity contribution in [3.63, 3.8) is 0 Å². The van der Waals surface area contributed by atoms with Crippen molar-refractivity contribution in [3.8, 4) is 11.1 Å². The summed E-state index contributed by atoms with van der Waals surface area (Å²) >= 11 is 13.1. The molecular weight excluding hydrogens is 491 g/mol. The van der Waals surface area contributed by atoms with Gasteiger partial charge in [0.25, 0.3) is 0 Å². The van der Waals surface area contributed by atoms with Gasteiger partial charge in [0, 0.05) is 28.3 Å². The van der Waals surface area contributed by atoms with Gasteiger partial charge >= 0.3 is 0 Å². The fraction of sp³-hybridized carbons (Fsp3) is 0.269. The number of sulfone groups is 1. The van der Waals surface area contributed by atoms with Gasteiger partial charge in [0.1, 0.15) is 0 Å². The predicted molar refractivity (Wildman–Crippen MR) is 140 cm³/mol. The number of nitrogens with zero attached hydrogens (tertiary/aromatic N) is 2. The summed E-state index contributed by atoms with van der Waals surface area (Å²) in [6.45, 7) is 5.40. The first-order valence-corrected chi connectivity index (χ1v) is 13.5. The lowest BCUT2D eigenvalue weighted by molar-refractivity contribution is 0.152. The van der Waals surface area contributed by atoms with E-state index in [0.717, 1.165) is 27.9 Å². The van der Waals surface area contributed by atoms with Gasteiger partial charge in [-0.25, -0.2) is 8.42 Å². The van der Waals surface area contributed by atoms with Crippen LogP contribution in [-0.4, -0.2) is 31.1 Å². The van der Waals surface area contributed by atoms with Gasteiger partial charge in [0.2, 0.25) is 0 Å². The zero-order chi connectivity index (χ0) is 24.8. The van der Waals surface area contributed by atoms with E-state index in [-0.39, 0.29) is 10.9 Å². The third-order valence-corrected chi connectivity index (χ3v) is 7.77. The van der Waals surface area contributed by atoms with E-state index in [4.69, 9.17) is 28.3 Å².